The summed E-state index contributed by atoms with van der Waals surface area (Å²) in [4.78, 5) is 25.2. The number of hydrogen-bond acceptors (Lipinski definition) is 3. The molecule has 0 bridgehead atoms. The number of carboxylic acid groups (broad SMARTS) is 1. The Bertz CT molecular complexity index is 486. The molecule has 0 aromatic carbocycles. The number of piperidine rings is 1. The molecular formula is C15H22N2O4. The molecule has 0 radical (unpaired) electrons. The minimum absolute atomic E-state index is 0.286. The smallest absolute Gasteiger partial charge is 0.326 e. The van der Waals surface area contributed by atoms with E-state index in [9.17, 15) is 14.7 Å². The van der Waals surface area contributed by atoms with E-state index in [2.05, 4.69) is 12.2 Å². The molecule has 116 valence electrons. The largest absolute Gasteiger partial charge is 0.480 e. The number of furan rings is 1. The van der Waals surface area contributed by atoms with Crippen LogP contribution in [0.2, 0.25) is 0 Å². The fraction of sp³-hybridized carbons (Fsp3) is 0.600. The van der Waals surface area contributed by atoms with E-state index in [-0.39, 0.29) is 12.1 Å². The van der Waals surface area contributed by atoms with Gasteiger partial charge in [-0.1, -0.05) is 13.3 Å². The summed E-state index contributed by atoms with van der Waals surface area (Å²) >= 11 is 0. The van der Waals surface area contributed by atoms with E-state index in [0.29, 0.717) is 24.6 Å². The van der Waals surface area contributed by atoms with E-state index in [1.54, 1.807) is 18.4 Å². The van der Waals surface area contributed by atoms with E-state index in [1.165, 1.54) is 4.90 Å². The summed E-state index contributed by atoms with van der Waals surface area (Å²) in [6, 6.07) is 2.16. The molecular weight excluding hydrogens is 272 g/mol. The van der Waals surface area contributed by atoms with Crippen molar-refractivity contribution in [2.45, 2.75) is 45.2 Å². The van der Waals surface area contributed by atoms with Crippen LogP contribution in [0.1, 0.15) is 44.9 Å². The number of likely N-dealkylation sites (tertiary alicyclic amines) is 1. The number of carboxylic acids is 1. The maximum Gasteiger partial charge on any atom is 0.326 e. The van der Waals surface area contributed by atoms with E-state index in [4.69, 9.17) is 4.42 Å². The normalized spacial score (nSPS) is 23.6. The zero-order chi connectivity index (χ0) is 15.4. The number of hydrogen-bond donors (Lipinski definition) is 2. The standard InChI is InChI=1S/C15H22N2O4/c1-3-11-6-7-17(12(9-11)14(18)19)15(20)16-10(2)13-5-4-8-21-13/h4-5,8,10-12H,3,6-7,9H2,1-2H3,(H,16,20)(H,18,19). The second-order valence-electron chi connectivity index (χ2n) is 5.53. The lowest BCUT2D eigenvalue weighted by Gasteiger charge is -2.37. The van der Waals surface area contributed by atoms with Crippen molar-refractivity contribution < 1.29 is 19.1 Å². The van der Waals surface area contributed by atoms with Gasteiger partial charge < -0.3 is 19.7 Å². The van der Waals surface area contributed by atoms with Crippen LogP contribution in [0.15, 0.2) is 22.8 Å². The molecule has 2 N–H and O–H groups in total. The van der Waals surface area contributed by atoms with Gasteiger partial charge in [0, 0.05) is 6.54 Å². The van der Waals surface area contributed by atoms with Crippen molar-refractivity contribution in [2.75, 3.05) is 6.54 Å². The molecule has 1 aromatic heterocycles. The summed E-state index contributed by atoms with van der Waals surface area (Å²) in [5.41, 5.74) is 0. The van der Waals surface area contributed by atoms with E-state index in [1.807, 2.05) is 6.92 Å². The average Bonchev–Trinajstić information content (AvgIpc) is 3.00. The minimum Gasteiger partial charge on any atom is -0.480 e. The molecule has 6 heteroatoms. The first-order chi connectivity index (χ1) is 10.0. The summed E-state index contributed by atoms with van der Waals surface area (Å²) in [5.74, 6) is 0.0882. The van der Waals surface area contributed by atoms with Crippen molar-refractivity contribution >= 4 is 12.0 Å². The van der Waals surface area contributed by atoms with Crippen molar-refractivity contribution in [3.05, 3.63) is 24.2 Å². The molecule has 1 fully saturated rings. The maximum absolute atomic E-state index is 12.3. The van der Waals surface area contributed by atoms with Gasteiger partial charge in [0.1, 0.15) is 11.8 Å². The van der Waals surface area contributed by atoms with Crippen LogP contribution in [-0.2, 0) is 4.79 Å². The van der Waals surface area contributed by atoms with Crippen LogP contribution in [0.3, 0.4) is 0 Å². The quantitative estimate of drug-likeness (QED) is 0.894. The zero-order valence-electron chi connectivity index (χ0n) is 12.4. The third kappa shape index (κ3) is 3.56. The highest BCUT2D eigenvalue weighted by molar-refractivity contribution is 5.83. The van der Waals surface area contributed by atoms with Gasteiger partial charge in [-0.2, -0.15) is 0 Å². The molecule has 2 heterocycles. The van der Waals surface area contributed by atoms with Crippen molar-refractivity contribution in [1.29, 1.82) is 0 Å². The summed E-state index contributed by atoms with van der Waals surface area (Å²) in [5, 5.41) is 12.1. The Kier molecular flexibility index (Phi) is 4.88. The van der Waals surface area contributed by atoms with Crippen molar-refractivity contribution in [3.8, 4) is 0 Å². The van der Waals surface area contributed by atoms with E-state index < -0.39 is 12.0 Å². The number of urea groups is 1. The monoisotopic (exact) mass is 294 g/mol. The van der Waals surface area contributed by atoms with E-state index >= 15 is 0 Å². The first-order valence-corrected chi connectivity index (χ1v) is 7.36. The summed E-state index contributed by atoms with van der Waals surface area (Å²) in [6.07, 6.45) is 3.87. The lowest BCUT2D eigenvalue weighted by molar-refractivity contribution is -0.144. The minimum atomic E-state index is -0.936. The van der Waals surface area contributed by atoms with Crippen molar-refractivity contribution in [1.82, 2.24) is 10.2 Å². The predicted octanol–water partition coefficient (Wildman–Crippen LogP) is 2.63. The van der Waals surface area contributed by atoms with Gasteiger partial charge in [0.15, 0.2) is 0 Å². The number of amides is 2. The van der Waals surface area contributed by atoms with Gasteiger partial charge >= 0.3 is 12.0 Å². The van der Waals surface area contributed by atoms with Crippen molar-refractivity contribution in [2.24, 2.45) is 5.92 Å². The molecule has 1 saturated heterocycles. The molecule has 2 amide bonds. The number of nitrogens with one attached hydrogen (secondary N) is 1. The second-order valence-corrected chi connectivity index (χ2v) is 5.53. The fourth-order valence-electron chi connectivity index (χ4n) is 2.76. The van der Waals surface area contributed by atoms with Gasteiger partial charge in [0.05, 0.1) is 12.3 Å². The second kappa shape index (κ2) is 6.65. The summed E-state index contributed by atoms with van der Waals surface area (Å²) in [7, 11) is 0. The Morgan fingerprint density at radius 3 is 2.90 bits per heavy atom. The Balaban J connectivity index is 2.01. The first-order valence-electron chi connectivity index (χ1n) is 7.36. The molecule has 3 atom stereocenters. The molecule has 21 heavy (non-hydrogen) atoms. The van der Waals surface area contributed by atoms with Crippen LogP contribution in [0.5, 0.6) is 0 Å². The molecule has 0 spiro atoms. The molecule has 1 aliphatic heterocycles. The number of carbonyl (C=O) groups is 2. The fourth-order valence-corrected chi connectivity index (χ4v) is 2.76. The summed E-state index contributed by atoms with van der Waals surface area (Å²) < 4.78 is 5.24. The van der Waals surface area contributed by atoms with E-state index in [0.717, 1.165) is 12.8 Å². The average molecular weight is 294 g/mol. The third-order valence-corrected chi connectivity index (χ3v) is 4.14. The summed E-state index contributed by atoms with van der Waals surface area (Å²) in [6.45, 7) is 4.34. The number of rotatable bonds is 4. The Morgan fingerprint density at radius 2 is 2.33 bits per heavy atom. The van der Waals surface area contributed by atoms with Gasteiger partial charge in [-0.05, 0) is 37.8 Å². The van der Waals surface area contributed by atoms with Gasteiger partial charge in [-0.15, -0.1) is 0 Å². The van der Waals surface area contributed by atoms with Crippen LogP contribution in [0.4, 0.5) is 4.79 Å². The third-order valence-electron chi connectivity index (χ3n) is 4.14. The molecule has 2 rings (SSSR count). The SMILES string of the molecule is CCC1CCN(C(=O)NC(C)c2ccco2)C(C(=O)O)C1. The molecule has 1 aromatic rings. The Morgan fingerprint density at radius 1 is 1.57 bits per heavy atom. The van der Waals surface area contributed by atoms with Crippen LogP contribution in [0, 0.1) is 5.92 Å². The predicted molar refractivity (Wildman–Crippen MR) is 76.8 cm³/mol. The van der Waals surface area contributed by atoms with Gasteiger partial charge in [-0.3, -0.25) is 0 Å². The lowest BCUT2D eigenvalue weighted by atomic mass is 9.89. The van der Waals surface area contributed by atoms with Crippen LogP contribution in [0.25, 0.3) is 0 Å². The molecule has 1 aliphatic rings. The molecule has 6 nitrogen and oxygen atoms in total. The van der Waals surface area contributed by atoms with Crippen LogP contribution in [-0.4, -0.2) is 34.6 Å². The number of aliphatic carboxylic acids is 1. The maximum atomic E-state index is 12.3. The molecule has 0 aliphatic carbocycles. The number of nitrogens with zero attached hydrogens (tertiary/aromatic N) is 1. The van der Waals surface area contributed by atoms with Crippen molar-refractivity contribution in [3.63, 3.8) is 0 Å². The van der Waals surface area contributed by atoms with Crippen LogP contribution < -0.4 is 5.32 Å². The lowest BCUT2D eigenvalue weighted by Crippen LogP contribution is -2.53. The van der Waals surface area contributed by atoms with Gasteiger partial charge in [0.2, 0.25) is 0 Å². The van der Waals surface area contributed by atoms with Crippen LogP contribution >= 0.6 is 0 Å². The Hall–Kier alpha value is -1.98. The number of carbonyl (C=O) groups excluding carboxylic acids is 1. The highest BCUT2D eigenvalue weighted by Crippen LogP contribution is 2.26. The highest BCUT2D eigenvalue weighted by Gasteiger charge is 2.36. The van der Waals surface area contributed by atoms with Gasteiger partial charge in [-0.25, -0.2) is 9.59 Å². The topological polar surface area (TPSA) is 82.8 Å². The Labute approximate surface area is 124 Å². The highest BCUT2D eigenvalue weighted by atomic mass is 16.4. The van der Waals surface area contributed by atoms with Gasteiger partial charge in [0.25, 0.3) is 0 Å². The molecule has 3 unspecified atom stereocenters. The first kappa shape index (κ1) is 15.4. The molecule has 0 saturated carbocycles. The zero-order valence-corrected chi connectivity index (χ0v) is 12.4.